The molecule has 3 amide bonds. The van der Waals surface area contributed by atoms with Gasteiger partial charge in [-0.05, 0) is 58.4 Å². The van der Waals surface area contributed by atoms with Crippen molar-refractivity contribution in [2.75, 3.05) is 18.5 Å². The van der Waals surface area contributed by atoms with Gasteiger partial charge < -0.3 is 25.4 Å². The lowest BCUT2D eigenvalue weighted by atomic mass is 10.0. The second-order valence-electron chi connectivity index (χ2n) is 9.80. The van der Waals surface area contributed by atoms with Crippen LogP contribution in [0.15, 0.2) is 24.3 Å². The van der Waals surface area contributed by atoms with Gasteiger partial charge in [0.15, 0.2) is 0 Å². The van der Waals surface area contributed by atoms with Crippen LogP contribution in [0.5, 0.6) is 5.75 Å². The van der Waals surface area contributed by atoms with Gasteiger partial charge in [-0.25, -0.2) is 4.79 Å². The van der Waals surface area contributed by atoms with E-state index in [0.717, 1.165) is 0 Å². The van der Waals surface area contributed by atoms with Crippen molar-refractivity contribution in [3.05, 3.63) is 24.3 Å². The molecule has 0 atom stereocenters. The largest absolute Gasteiger partial charge is 0.413 e. The van der Waals surface area contributed by atoms with E-state index >= 15 is 0 Å². The molecular weight excluding hydrogens is 410 g/mol. The molecule has 1 aromatic carbocycles. The van der Waals surface area contributed by atoms with Crippen molar-refractivity contribution in [2.24, 2.45) is 11.8 Å². The lowest BCUT2D eigenvalue weighted by Gasteiger charge is -2.30. The molecule has 0 saturated carbocycles. The van der Waals surface area contributed by atoms with Gasteiger partial charge in [-0.3, -0.25) is 9.59 Å². The number of anilines is 1. The molecule has 1 aromatic rings. The SMILES string of the molecule is CC(C)C(=O)NCC(C)(C)OCCC(C)(C)NC(=O)Oc1ccc(NC(=O)C(C)C)cc1. The predicted molar refractivity (Wildman–Crippen MR) is 126 cm³/mol. The Kier molecular flexibility index (Phi) is 10.2. The summed E-state index contributed by atoms with van der Waals surface area (Å²) in [4.78, 5) is 35.8. The standard InChI is InChI=1S/C24H39N3O5/c1-16(2)20(28)25-15-24(7,8)31-14-13-23(5,6)27-22(30)32-19-11-9-18(10-12-19)26-21(29)17(3)4/h9-12,16-17H,13-15H2,1-8H3,(H,25,28)(H,26,29)(H,27,30). The first-order chi connectivity index (χ1) is 14.7. The molecule has 0 aliphatic carbocycles. The Labute approximate surface area is 191 Å². The summed E-state index contributed by atoms with van der Waals surface area (Å²) in [6.45, 7) is 15.7. The minimum atomic E-state index is -0.572. The van der Waals surface area contributed by atoms with Gasteiger partial charge in [0.1, 0.15) is 5.75 Å². The number of amides is 3. The molecule has 8 nitrogen and oxygen atoms in total. The van der Waals surface area contributed by atoms with Crippen LogP contribution in [0.4, 0.5) is 10.5 Å². The van der Waals surface area contributed by atoms with Crippen molar-refractivity contribution in [3.63, 3.8) is 0 Å². The molecule has 0 aliphatic heterocycles. The highest BCUT2D eigenvalue weighted by Crippen LogP contribution is 2.18. The van der Waals surface area contributed by atoms with Crippen LogP contribution in [0.2, 0.25) is 0 Å². The molecule has 0 bridgehead atoms. The first kappa shape index (κ1) is 27.4. The Balaban J connectivity index is 2.46. The average molecular weight is 450 g/mol. The van der Waals surface area contributed by atoms with Crippen molar-refractivity contribution in [1.29, 1.82) is 0 Å². The second kappa shape index (κ2) is 11.9. The minimum absolute atomic E-state index is 0.0123. The van der Waals surface area contributed by atoms with Crippen LogP contribution < -0.4 is 20.7 Å². The maximum Gasteiger partial charge on any atom is 0.413 e. The summed E-state index contributed by atoms with van der Waals surface area (Å²) in [5, 5.41) is 8.49. The number of carbonyl (C=O) groups excluding carboxylic acids is 3. The Morgan fingerprint density at radius 3 is 2.00 bits per heavy atom. The van der Waals surface area contributed by atoms with Crippen LogP contribution >= 0.6 is 0 Å². The van der Waals surface area contributed by atoms with Gasteiger partial charge in [-0.1, -0.05) is 27.7 Å². The fraction of sp³-hybridized carbons (Fsp3) is 0.625. The zero-order chi connectivity index (χ0) is 24.5. The molecule has 0 spiro atoms. The highest BCUT2D eigenvalue weighted by Gasteiger charge is 2.25. The van der Waals surface area contributed by atoms with E-state index in [-0.39, 0.29) is 23.7 Å². The number of hydrogen-bond donors (Lipinski definition) is 3. The van der Waals surface area contributed by atoms with Gasteiger partial charge in [0.05, 0.1) is 5.60 Å². The fourth-order valence-electron chi connectivity index (χ4n) is 2.50. The van der Waals surface area contributed by atoms with Gasteiger partial charge >= 0.3 is 6.09 Å². The van der Waals surface area contributed by atoms with Crippen LogP contribution in [-0.2, 0) is 14.3 Å². The number of benzene rings is 1. The van der Waals surface area contributed by atoms with Gasteiger partial charge in [0, 0.05) is 36.2 Å². The molecule has 0 aliphatic rings. The number of rotatable bonds is 11. The van der Waals surface area contributed by atoms with Crippen molar-refractivity contribution in [1.82, 2.24) is 10.6 Å². The van der Waals surface area contributed by atoms with E-state index in [4.69, 9.17) is 9.47 Å². The smallest absolute Gasteiger partial charge is 0.410 e. The summed E-state index contributed by atoms with van der Waals surface area (Å²) < 4.78 is 11.3. The van der Waals surface area contributed by atoms with E-state index < -0.39 is 17.2 Å². The van der Waals surface area contributed by atoms with Crippen LogP contribution in [0.25, 0.3) is 0 Å². The minimum Gasteiger partial charge on any atom is -0.410 e. The monoisotopic (exact) mass is 449 g/mol. The Hall–Kier alpha value is -2.61. The van der Waals surface area contributed by atoms with Gasteiger partial charge in [-0.2, -0.15) is 0 Å². The summed E-state index contributed by atoms with van der Waals surface area (Å²) in [6.07, 6.45) is -0.0125. The molecule has 8 heteroatoms. The van der Waals surface area contributed by atoms with Crippen molar-refractivity contribution in [3.8, 4) is 5.75 Å². The molecule has 0 saturated heterocycles. The van der Waals surface area contributed by atoms with E-state index in [2.05, 4.69) is 16.0 Å². The highest BCUT2D eigenvalue weighted by atomic mass is 16.6. The summed E-state index contributed by atoms with van der Waals surface area (Å²) in [5.74, 6) is 0.0916. The molecule has 0 heterocycles. The van der Waals surface area contributed by atoms with E-state index in [0.29, 0.717) is 31.0 Å². The van der Waals surface area contributed by atoms with Gasteiger partial charge in [0.25, 0.3) is 0 Å². The van der Waals surface area contributed by atoms with Gasteiger partial charge in [0.2, 0.25) is 11.8 Å². The Morgan fingerprint density at radius 2 is 1.47 bits per heavy atom. The first-order valence-corrected chi connectivity index (χ1v) is 11.0. The fourth-order valence-corrected chi connectivity index (χ4v) is 2.50. The molecule has 32 heavy (non-hydrogen) atoms. The number of carbonyl (C=O) groups is 3. The van der Waals surface area contributed by atoms with Crippen LogP contribution in [-0.4, -0.2) is 42.2 Å². The number of ether oxygens (including phenoxy) is 2. The summed E-state index contributed by atoms with van der Waals surface area (Å²) in [5.41, 5.74) is -0.436. The second-order valence-corrected chi connectivity index (χ2v) is 9.80. The first-order valence-electron chi connectivity index (χ1n) is 11.0. The van der Waals surface area contributed by atoms with Crippen LogP contribution in [0.3, 0.4) is 0 Å². The van der Waals surface area contributed by atoms with E-state index in [1.54, 1.807) is 24.3 Å². The molecule has 0 fully saturated rings. The summed E-state index contributed by atoms with van der Waals surface area (Å²) in [7, 11) is 0. The van der Waals surface area contributed by atoms with E-state index in [1.165, 1.54) is 0 Å². The number of nitrogens with one attached hydrogen (secondary N) is 3. The third-order valence-electron chi connectivity index (χ3n) is 4.73. The zero-order valence-corrected chi connectivity index (χ0v) is 20.6. The maximum atomic E-state index is 12.3. The quantitative estimate of drug-likeness (QED) is 0.471. The average Bonchev–Trinajstić information content (AvgIpc) is 2.66. The molecule has 0 aromatic heterocycles. The molecule has 0 radical (unpaired) electrons. The lowest BCUT2D eigenvalue weighted by Crippen LogP contribution is -2.47. The Bertz CT molecular complexity index is 770. The Morgan fingerprint density at radius 1 is 0.906 bits per heavy atom. The van der Waals surface area contributed by atoms with Gasteiger partial charge in [-0.15, -0.1) is 0 Å². The third-order valence-corrected chi connectivity index (χ3v) is 4.73. The summed E-state index contributed by atoms with van der Waals surface area (Å²) >= 11 is 0. The highest BCUT2D eigenvalue weighted by molar-refractivity contribution is 5.92. The predicted octanol–water partition coefficient (Wildman–Crippen LogP) is 4.11. The van der Waals surface area contributed by atoms with Crippen molar-refractivity contribution < 1.29 is 23.9 Å². The molecule has 180 valence electrons. The summed E-state index contributed by atoms with van der Waals surface area (Å²) in [6, 6.07) is 6.61. The molecule has 3 N–H and O–H groups in total. The van der Waals surface area contributed by atoms with Crippen molar-refractivity contribution in [2.45, 2.75) is 73.0 Å². The molecule has 0 unspecified atom stereocenters. The van der Waals surface area contributed by atoms with Crippen LogP contribution in [0, 0.1) is 11.8 Å². The normalized spacial score (nSPS) is 11.9. The van der Waals surface area contributed by atoms with E-state index in [9.17, 15) is 14.4 Å². The lowest BCUT2D eigenvalue weighted by molar-refractivity contribution is -0.125. The third kappa shape index (κ3) is 10.6. The zero-order valence-electron chi connectivity index (χ0n) is 20.6. The van der Waals surface area contributed by atoms with Crippen LogP contribution in [0.1, 0.15) is 61.8 Å². The van der Waals surface area contributed by atoms with Crippen molar-refractivity contribution >= 4 is 23.6 Å². The topological polar surface area (TPSA) is 106 Å². The number of hydrogen-bond acceptors (Lipinski definition) is 5. The maximum absolute atomic E-state index is 12.3. The molecule has 1 rings (SSSR count). The van der Waals surface area contributed by atoms with E-state index in [1.807, 2.05) is 55.4 Å². The molecular formula is C24H39N3O5.